The molecule has 34 heavy (non-hydrogen) atoms. The zero-order valence-corrected chi connectivity index (χ0v) is 21.2. The van der Waals surface area contributed by atoms with Crippen molar-refractivity contribution in [1.82, 2.24) is 4.57 Å². The minimum Gasteiger partial charge on any atom is -0.301 e. The van der Waals surface area contributed by atoms with Crippen molar-refractivity contribution in [2.45, 2.75) is 50.7 Å². The molecule has 2 unspecified atom stereocenters. The van der Waals surface area contributed by atoms with E-state index in [1.54, 1.807) is 0 Å². The molecule has 0 aliphatic heterocycles. The van der Waals surface area contributed by atoms with Gasteiger partial charge in [0.25, 0.3) is 5.56 Å². The Morgan fingerprint density at radius 2 is 1.76 bits per heavy atom. The number of allylic oxidation sites excluding steroid dienone is 4. The van der Waals surface area contributed by atoms with E-state index in [4.69, 9.17) is 0 Å². The Labute approximate surface area is 203 Å². The van der Waals surface area contributed by atoms with Gasteiger partial charge in [-0.3, -0.25) is 4.79 Å². The molecule has 0 radical (unpaired) electrons. The molecule has 0 bridgehead atoms. The molecular formula is C31H32NOP. The number of hydrogen-bond acceptors (Lipinski definition) is 1. The van der Waals surface area contributed by atoms with Crippen molar-refractivity contribution in [3.05, 3.63) is 111 Å². The lowest BCUT2D eigenvalue weighted by Gasteiger charge is -2.20. The topological polar surface area (TPSA) is 22.0 Å². The third-order valence-corrected chi connectivity index (χ3v) is 7.45. The standard InChI is InChI=1S/C31H32NOP/c1-21-27-14-6-10-24-11-7-15-28(29(24)27)30(33)32(21)26-13-5-8-22(18-19-26)16-17-23-9-4-12-25(20-23)31(2,3)34/h4-15,20,26H,1,16-19,34H2,2-3H3. The van der Waals surface area contributed by atoms with E-state index >= 15 is 0 Å². The summed E-state index contributed by atoms with van der Waals surface area (Å²) in [5.74, 6) is 0. The molecule has 0 spiro atoms. The average Bonchev–Trinajstić information content (AvgIpc) is 3.06. The van der Waals surface area contributed by atoms with E-state index in [1.165, 1.54) is 16.7 Å². The van der Waals surface area contributed by atoms with Gasteiger partial charge in [0, 0.05) is 26.7 Å². The van der Waals surface area contributed by atoms with E-state index in [9.17, 15) is 4.79 Å². The van der Waals surface area contributed by atoms with Crippen LogP contribution in [0.5, 0.6) is 0 Å². The van der Waals surface area contributed by atoms with Crippen molar-refractivity contribution < 1.29 is 0 Å². The van der Waals surface area contributed by atoms with Crippen LogP contribution in [0.3, 0.4) is 0 Å². The van der Waals surface area contributed by atoms with Gasteiger partial charge < -0.3 is 4.57 Å². The predicted octanol–water partition coefficient (Wildman–Crippen LogP) is 6.84. The first-order valence-electron chi connectivity index (χ1n) is 12.1. The lowest BCUT2D eigenvalue weighted by Crippen LogP contribution is -2.35. The second kappa shape index (κ2) is 9.01. The number of aromatic nitrogens is 1. The number of benzene rings is 3. The molecule has 3 aromatic carbocycles. The monoisotopic (exact) mass is 465 g/mol. The molecule has 5 rings (SSSR count). The third-order valence-electron chi connectivity index (χ3n) is 7.12. The first-order valence-corrected chi connectivity index (χ1v) is 12.7. The van der Waals surface area contributed by atoms with Gasteiger partial charge in [0.1, 0.15) is 0 Å². The fraction of sp³-hybridized carbons (Fsp3) is 0.258. The molecule has 4 aromatic rings. The van der Waals surface area contributed by atoms with Crippen LogP contribution in [0, 0.1) is 0 Å². The zero-order valence-electron chi connectivity index (χ0n) is 20.1. The number of nitrogens with zero attached hydrogens (tertiary/aromatic N) is 1. The van der Waals surface area contributed by atoms with Crippen molar-refractivity contribution >= 4 is 37.4 Å². The average molecular weight is 466 g/mol. The van der Waals surface area contributed by atoms with Crippen LogP contribution in [0.4, 0.5) is 0 Å². The first-order chi connectivity index (χ1) is 16.3. The lowest BCUT2D eigenvalue weighted by molar-refractivity contribution is 0.533. The summed E-state index contributed by atoms with van der Waals surface area (Å²) < 4.78 is 1.91. The quantitative estimate of drug-likeness (QED) is 0.296. The smallest absolute Gasteiger partial charge is 0.259 e. The third kappa shape index (κ3) is 4.28. The van der Waals surface area contributed by atoms with E-state index in [0.29, 0.717) is 0 Å². The summed E-state index contributed by atoms with van der Waals surface area (Å²) >= 11 is 0. The van der Waals surface area contributed by atoms with Crippen LogP contribution in [0.1, 0.15) is 50.3 Å². The van der Waals surface area contributed by atoms with Crippen LogP contribution in [-0.4, -0.2) is 4.57 Å². The number of rotatable bonds is 5. The van der Waals surface area contributed by atoms with E-state index in [0.717, 1.165) is 52.6 Å². The molecule has 0 saturated heterocycles. The van der Waals surface area contributed by atoms with Crippen LogP contribution in [0.2, 0.25) is 0 Å². The molecule has 2 nitrogen and oxygen atoms in total. The van der Waals surface area contributed by atoms with Crippen LogP contribution in [0.25, 0.3) is 28.1 Å². The molecule has 0 amide bonds. The van der Waals surface area contributed by atoms with Gasteiger partial charge in [0.05, 0.1) is 6.04 Å². The predicted molar refractivity (Wildman–Crippen MR) is 149 cm³/mol. The Morgan fingerprint density at radius 3 is 2.53 bits per heavy atom. The van der Waals surface area contributed by atoms with E-state index in [-0.39, 0.29) is 16.8 Å². The maximum atomic E-state index is 13.5. The number of hydrogen-bond donors (Lipinski definition) is 0. The normalized spacial score (nSPS) is 16.7. The molecule has 1 aromatic heterocycles. The summed E-state index contributed by atoms with van der Waals surface area (Å²) in [4.78, 5) is 13.5. The zero-order chi connectivity index (χ0) is 23.9. The maximum Gasteiger partial charge on any atom is 0.259 e. The summed E-state index contributed by atoms with van der Waals surface area (Å²) in [7, 11) is 2.93. The number of pyridine rings is 1. The fourth-order valence-electron chi connectivity index (χ4n) is 5.18. The summed E-state index contributed by atoms with van der Waals surface area (Å²) in [6.07, 6.45) is 10.5. The van der Waals surface area contributed by atoms with Gasteiger partial charge >= 0.3 is 0 Å². The highest BCUT2D eigenvalue weighted by molar-refractivity contribution is 7.18. The van der Waals surface area contributed by atoms with Crippen LogP contribution in [-0.2, 0) is 11.6 Å². The van der Waals surface area contributed by atoms with Gasteiger partial charge in [-0.25, -0.2) is 0 Å². The van der Waals surface area contributed by atoms with Gasteiger partial charge in [-0.05, 0) is 48.3 Å². The molecule has 1 heterocycles. The Kier molecular flexibility index (Phi) is 6.04. The number of aryl methyl sites for hydroxylation is 1. The van der Waals surface area contributed by atoms with Crippen molar-refractivity contribution in [3.63, 3.8) is 0 Å². The minimum atomic E-state index is 0.0126. The van der Waals surface area contributed by atoms with Crippen molar-refractivity contribution in [2.75, 3.05) is 0 Å². The van der Waals surface area contributed by atoms with Gasteiger partial charge in [0.15, 0.2) is 0 Å². The van der Waals surface area contributed by atoms with Gasteiger partial charge in [-0.15, -0.1) is 9.24 Å². The second-order valence-corrected chi connectivity index (χ2v) is 11.5. The molecule has 0 N–H and O–H groups in total. The Bertz CT molecular complexity index is 1470. The second-order valence-electron chi connectivity index (χ2n) is 10.1. The molecule has 3 heteroatoms. The summed E-state index contributed by atoms with van der Waals surface area (Å²) in [6.45, 7) is 8.80. The largest absolute Gasteiger partial charge is 0.301 e. The molecular weight excluding hydrogens is 433 g/mol. The van der Waals surface area contributed by atoms with Gasteiger partial charge in [-0.1, -0.05) is 98.8 Å². The van der Waals surface area contributed by atoms with Crippen LogP contribution >= 0.6 is 9.24 Å². The molecule has 1 aliphatic carbocycles. The van der Waals surface area contributed by atoms with Gasteiger partial charge in [0.2, 0.25) is 0 Å². The molecule has 2 atom stereocenters. The van der Waals surface area contributed by atoms with Crippen molar-refractivity contribution in [3.8, 4) is 0 Å². The van der Waals surface area contributed by atoms with E-state index in [1.807, 2.05) is 16.7 Å². The summed E-state index contributed by atoms with van der Waals surface area (Å²) in [6, 6.07) is 21.1. The highest BCUT2D eigenvalue weighted by atomic mass is 31.0. The Morgan fingerprint density at radius 1 is 1.03 bits per heavy atom. The maximum absolute atomic E-state index is 13.5. The molecule has 0 fully saturated rings. The summed E-state index contributed by atoms with van der Waals surface area (Å²) in [5, 5.41) is 4.87. The first kappa shape index (κ1) is 22.8. The lowest BCUT2D eigenvalue weighted by atomic mass is 9.95. The summed E-state index contributed by atoms with van der Waals surface area (Å²) in [5.41, 5.74) is 4.22. The van der Waals surface area contributed by atoms with Crippen LogP contribution < -0.4 is 10.9 Å². The molecule has 0 saturated carbocycles. The van der Waals surface area contributed by atoms with Gasteiger partial charge in [-0.2, -0.15) is 0 Å². The van der Waals surface area contributed by atoms with Crippen molar-refractivity contribution in [2.24, 2.45) is 0 Å². The van der Waals surface area contributed by atoms with E-state index in [2.05, 4.69) is 96.4 Å². The fourth-order valence-corrected chi connectivity index (χ4v) is 5.36. The highest BCUT2D eigenvalue weighted by Gasteiger charge is 2.18. The SMILES string of the molecule is C=c1c2cccc3cccc(c(=O)n1C1C=CC=C(CCc4cccc(C(C)(C)P)c4)CC1)c32. The van der Waals surface area contributed by atoms with E-state index < -0.39 is 0 Å². The Balaban J connectivity index is 1.37. The molecule has 172 valence electrons. The van der Waals surface area contributed by atoms with Crippen molar-refractivity contribution in [1.29, 1.82) is 0 Å². The van der Waals surface area contributed by atoms with Crippen LogP contribution in [0.15, 0.2) is 89.3 Å². The highest BCUT2D eigenvalue weighted by Crippen LogP contribution is 2.31. The minimum absolute atomic E-state index is 0.0126. The molecule has 1 aliphatic rings. The Hall–Kier alpha value is -2.96.